The number of aliphatic carboxylic acids is 1. The highest BCUT2D eigenvalue weighted by molar-refractivity contribution is 5.71. The van der Waals surface area contributed by atoms with Crippen molar-refractivity contribution in [3.63, 3.8) is 0 Å². The van der Waals surface area contributed by atoms with Gasteiger partial charge >= 0.3 is 17.9 Å². The van der Waals surface area contributed by atoms with Crippen molar-refractivity contribution in [2.45, 2.75) is 245 Å². The van der Waals surface area contributed by atoms with Gasteiger partial charge in [0.05, 0.1) is 34.4 Å². The van der Waals surface area contributed by atoms with Gasteiger partial charge < -0.3 is 28.5 Å². The van der Waals surface area contributed by atoms with Crippen molar-refractivity contribution in [2.75, 3.05) is 47.5 Å². The first-order valence-electron chi connectivity index (χ1n) is 30.7. The lowest BCUT2D eigenvalue weighted by molar-refractivity contribution is -0.870. The van der Waals surface area contributed by atoms with Crippen LogP contribution in [0.15, 0.2) is 122 Å². The molecule has 0 aromatic heterocycles. The summed E-state index contributed by atoms with van der Waals surface area (Å²) in [6.45, 7) is 4.62. The van der Waals surface area contributed by atoms with Crippen molar-refractivity contribution in [2.24, 2.45) is 0 Å². The summed E-state index contributed by atoms with van der Waals surface area (Å²) in [5.74, 6) is -2.04. The van der Waals surface area contributed by atoms with Crippen molar-refractivity contribution in [3.05, 3.63) is 122 Å². The molecule has 0 amide bonds. The van der Waals surface area contributed by atoms with Crippen LogP contribution >= 0.6 is 0 Å². The molecular formula is C68H114NO8+. The number of allylic oxidation sites excluding steroid dienone is 20. The average Bonchev–Trinajstić information content (AvgIpc) is 3.40. The van der Waals surface area contributed by atoms with Crippen LogP contribution in [0.5, 0.6) is 0 Å². The summed E-state index contributed by atoms with van der Waals surface area (Å²) >= 11 is 0. The minimum absolute atomic E-state index is 0.179. The van der Waals surface area contributed by atoms with Gasteiger partial charge in [-0.25, -0.2) is 4.79 Å². The first-order valence-corrected chi connectivity index (χ1v) is 30.7. The molecule has 1 N–H and O–H groups in total. The molecule has 2 atom stereocenters. The van der Waals surface area contributed by atoms with Crippen molar-refractivity contribution in [1.29, 1.82) is 0 Å². The van der Waals surface area contributed by atoms with Crippen LogP contribution in [-0.2, 0) is 33.3 Å². The lowest BCUT2D eigenvalue weighted by atomic mass is 10.0. The van der Waals surface area contributed by atoms with E-state index in [2.05, 4.69) is 135 Å². The molecule has 0 heterocycles. The number of unbranched alkanes of at least 4 members (excludes halogenated alkanes) is 20. The number of nitrogens with zero attached hydrogens (tertiary/aromatic N) is 1. The molecule has 0 spiro atoms. The van der Waals surface area contributed by atoms with Crippen LogP contribution in [0.3, 0.4) is 0 Å². The number of rotatable bonds is 55. The van der Waals surface area contributed by atoms with Crippen LogP contribution in [0, 0.1) is 0 Å². The third-order valence-corrected chi connectivity index (χ3v) is 12.7. The number of hydrogen-bond donors (Lipinski definition) is 1. The number of carbonyl (C=O) groups is 3. The summed E-state index contributed by atoms with van der Waals surface area (Å²) in [5.41, 5.74) is 0. The van der Waals surface area contributed by atoms with Crippen molar-refractivity contribution >= 4 is 17.9 Å². The van der Waals surface area contributed by atoms with E-state index in [1.807, 2.05) is 21.1 Å². The van der Waals surface area contributed by atoms with Gasteiger partial charge in [-0.3, -0.25) is 9.59 Å². The summed E-state index contributed by atoms with van der Waals surface area (Å²) in [6, 6.07) is 0. The standard InChI is InChI=1S/C68H113NO8/c1-6-8-10-12-14-16-18-20-22-24-26-28-29-30-31-32-33-34-35-36-37-39-41-43-45-47-49-51-53-55-57-59-66(71)77-64(63-76-68(67(72)73)74-61-60-69(3,4)5)62-75-65(70)58-56-54-52-50-48-46-44-42-40-38-27-25-23-21-19-17-15-13-11-9-7-2/h8-11,14-17,20-23,26-28,30-31,38,42,44,64,68H,6-7,12-13,18-19,24-25,29,32-37,39-41,43,45-63H2,1-5H3/p+1/b10-8-,11-9-,16-14-,17-15-,22-20-,23-21-,28-26-,31-30-,38-27-,44-42-. The average molecular weight is 1070 g/mol. The van der Waals surface area contributed by atoms with Crippen molar-refractivity contribution < 1.29 is 42.9 Å². The Hall–Kier alpha value is -4.31. The topological polar surface area (TPSA) is 108 Å². The molecule has 0 radical (unpaired) electrons. The summed E-state index contributed by atoms with van der Waals surface area (Å²) in [5, 5.41) is 9.72. The van der Waals surface area contributed by atoms with Gasteiger partial charge in [-0.15, -0.1) is 0 Å². The van der Waals surface area contributed by atoms with E-state index in [1.165, 1.54) is 77.0 Å². The third-order valence-electron chi connectivity index (χ3n) is 12.7. The molecule has 0 saturated carbocycles. The molecule has 0 aromatic carbocycles. The van der Waals surface area contributed by atoms with Crippen LogP contribution in [0.1, 0.15) is 232 Å². The number of esters is 2. The second-order valence-electron chi connectivity index (χ2n) is 21.2. The highest BCUT2D eigenvalue weighted by atomic mass is 16.7. The van der Waals surface area contributed by atoms with Gasteiger partial charge in [0.25, 0.3) is 6.29 Å². The normalized spacial score (nSPS) is 13.6. The molecule has 0 rings (SSSR count). The monoisotopic (exact) mass is 1070 g/mol. The number of likely N-dealkylation sites (N-methyl/N-ethyl adjacent to an activating group) is 1. The van der Waals surface area contributed by atoms with E-state index in [0.29, 0.717) is 17.4 Å². The Kier molecular flexibility index (Phi) is 54.6. The van der Waals surface area contributed by atoms with Gasteiger partial charge in [-0.05, 0) is 103 Å². The van der Waals surface area contributed by atoms with Gasteiger partial charge in [0.15, 0.2) is 6.10 Å². The second-order valence-corrected chi connectivity index (χ2v) is 21.2. The maximum Gasteiger partial charge on any atom is 0.361 e. The Balaban J connectivity index is 4.22. The second kappa shape index (κ2) is 57.9. The molecule has 438 valence electrons. The SMILES string of the molecule is CC/C=C\C/C=C\C/C=C\C/C=C\C/C=C\CCCCCCCCCCCCCCCCCC(=O)OC(COC(=O)CCCCCCC/C=C\C/C=C\C/C=C\C/C=C\C/C=C\CC)COC(OCC[N+](C)(C)C)C(=O)O. The number of quaternary nitrogens is 1. The first-order chi connectivity index (χ1) is 37.6. The van der Waals surface area contributed by atoms with E-state index in [0.717, 1.165) is 122 Å². The van der Waals surface area contributed by atoms with Crippen LogP contribution in [0.2, 0.25) is 0 Å². The molecule has 9 nitrogen and oxygen atoms in total. The van der Waals surface area contributed by atoms with Gasteiger partial charge in [0.1, 0.15) is 13.2 Å². The molecule has 0 saturated heterocycles. The lowest BCUT2D eigenvalue weighted by Gasteiger charge is -2.25. The molecule has 0 aliphatic heterocycles. The highest BCUT2D eigenvalue weighted by Gasteiger charge is 2.25. The van der Waals surface area contributed by atoms with E-state index in [4.69, 9.17) is 18.9 Å². The Bertz CT molecular complexity index is 1670. The zero-order chi connectivity index (χ0) is 56.2. The Morgan fingerprint density at radius 3 is 1.04 bits per heavy atom. The smallest absolute Gasteiger partial charge is 0.361 e. The van der Waals surface area contributed by atoms with Crippen molar-refractivity contribution in [1.82, 2.24) is 0 Å². The predicted octanol–water partition coefficient (Wildman–Crippen LogP) is 18.5. The van der Waals surface area contributed by atoms with Crippen LogP contribution in [-0.4, -0.2) is 87.4 Å². The minimum Gasteiger partial charge on any atom is -0.477 e. The molecule has 0 aliphatic rings. The molecule has 0 aromatic rings. The Morgan fingerprint density at radius 1 is 0.390 bits per heavy atom. The van der Waals surface area contributed by atoms with Crippen LogP contribution in [0.25, 0.3) is 0 Å². The van der Waals surface area contributed by atoms with Gasteiger partial charge in [-0.1, -0.05) is 238 Å². The van der Waals surface area contributed by atoms with E-state index < -0.39 is 24.3 Å². The predicted molar refractivity (Wildman–Crippen MR) is 327 cm³/mol. The third kappa shape index (κ3) is 59.2. The molecule has 2 unspecified atom stereocenters. The zero-order valence-electron chi connectivity index (χ0n) is 49.8. The van der Waals surface area contributed by atoms with E-state index >= 15 is 0 Å². The quantitative estimate of drug-likeness (QED) is 0.0211. The molecule has 0 fully saturated rings. The molecule has 0 aliphatic carbocycles. The van der Waals surface area contributed by atoms with Gasteiger partial charge in [0.2, 0.25) is 0 Å². The minimum atomic E-state index is -1.52. The van der Waals surface area contributed by atoms with E-state index in [-0.39, 0.29) is 38.6 Å². The zero-order valence-corrected chi connectivity index (χ0v) is 49.8. The van der Waals surface area contributed by atoms with E-state index in [9.17, 15) is 19.5 Å². The highest BCUT2D eigenvalue weighted by Crippen LogP contribution is 2.16. The van der Waals surface area contributed by atoms with Gasteiger partial charge in [-0.2, -0.15) is 0 Å². The first kappa shape index (κ1) is 72.7. The Labute approximate surface area is 472 Å². The number of carboxylic acid groups (broad SMARTS) is 1. The number of hydrogen-bond acceptors (Lipinski definition) is 7. The fraction of sp³-hybridized carbons (Fsp3) is 0.662. The lowest BCUT2D eigenvalue weighted by Crippen LogP contribution is -2.40. The summed E-state index contributed by atoms with van der Waals surface area (Å²) in [4.78, 5) is 37.5. The number of carboxylic acids is 1. The number of ether oxygens (including phenoxy) is 4. The van der Waals surface area contributed by atoms with Crippen LogP contribution < -0.4 is 0 Å². The maximum atomic E-state index is 12.9. The summed E-state index contributed by atoms with van der Waals surface area (Å²) in [7, 11) is 5.96. The molecular weight excluding hydrogens is 959 g/mol. The fourth-order valence-electron chi connectivity index (χ4n) is 8.07. The maximum absolute atomic E-state index is 12.9. The molecule has 9 heteroatoms. The molecule has 77 heavy (non-hydrogen) atoms. The van der Waals surface area contributed by atoms with Gasteiger partial charge in [0, 0.05) is 12.8 Å². The van der Waals surface area contributed by atoms with Crippen molar-refractivity contribution in [3.8, 4) is 0 Å². The summed E-state index contributed by atoms with van der Waals surface area (Å²) < 4.78 is 22.9. The van der Waals surface area contributed by atoms with E-state index in [1.54, 1.807) is 0 Å². The largest absolute Gasteiger partial charge is 0.477 e. The number of carbonyl (C=O) groups excluding carboxylic acids is 2. The molecule has 0 bridgehead atoms. The fourth-order valence-corrected chi connectivity index (χ4v) is 8.07. The summed E-state index contributed by atoms with van der Waals surface area (Å²) in [6.07, 6.45) is 78.5. The van der Waals surface area contributed by atoms with Crippen LogP contribution in [0.4, 0.5) is 0 Å². The Morgan fingerprint density at radius 2 is 0.701 bits per heavy atom.